The molecule has 1 saturated heterocycles. The van der Waals surface area contributed by atoms with E-state index in [2.05, 4.69) is 28.1 Å². The van der Waals surface area contributed by atoms with Crippen LogP contribution in [0.4, 0.5) is 24.9 Å². The van der Waals surface area contributed by atoms with Crippen LogP contribution >= 0.6 is 11.3 Å². The van der Waals surface area contributed by atoms with Crippen molar-refractivity contribution in [1.29, 1.82) is 0 Å². The number of rotatable bonds is 6. The minimum Gasteiger partial charge on any atom is -0.370 e. The van der Waals surface area contributed by atoms with Crippen molar-refractivity contribution in [3.63, 3.8) is 0 Å². The highest BCUT2D eigenvalue weighted by Gasteiger charge is 2.40. The smallest absolute Gasteiger partial charge is 0.370 e. The van der Waals surface area contributed by atoms with Crippen LogP contribution in [-0.4, -0.2) is 50.3 Å². The van der Waals surface area contributed by atoms with Crippen LogP contribution in [0.25, 0.3) is 10.2 Å². The summed E-state index contributed by atoms with van der Waals surface area (Å²) in [6.07, 6.45) is -0.458. The van der Waals surface area contributed by atoms with Crippen LogP contribution in [0.1, 0.15) is 49.1 Å². The van der Waals surface area contributed by atoms with Crippen LogP contribution in [0.15, 0.2) is 6.07 Å². The van der Waals surface area contributed by atoms with Gasteiger partial charge in [0, 0.05) is 37.5 Å². The highest BCUT2D eigenvalue weighted by atomic mass is 32.1. The molecule has 0 saturated carbocycles. The van der Waals surface area contributed by atoms with Gasteiger partial charge in [0.2, 0.25) is 17.7 Å². The van der Waals surface area contributed by atoms with Gasteiger partial charge in [-0.15, -0.1) is 21.5 Å². The Morgan fingerprint density at radius 2 is 2.03 bits per heavy atom. The number of hydrogen-bond acceptors (Lipinski definition) is 8. The number of amides is 1. The minimum atomic E-state index is -4.54. The van der Waals surface area contributed by atoms with Crippen molar-refractivity contribution < 1.29 is 18.0 Å². The summed E-state index contributed by atoms with van der Waals surface area (Å²) in [5, 5.41) is 8.12. The molecular formula is C22H27F3N8OS. The molecule has 35 heavy (non-hydrogen) atoms. The van der Waals surface area contributed by atoms with Crippen molar-refractivity contribution >= 4 is 39.2 Å². The molecule has 9 nitrogen and oxygen atoms in total. The summed E-state index contributed by atoms with van der Waals surface area (Å²) in [5.41, 5.74) is 5.43. The predicted octanol–water partition coefficient (Wildman–Crippen LogP) is 3.37. The first kappa shape index (κ1) is 23.8. The number of nitrogens with two attached hydrogens (primary N) is 1. The van der Waals surface area contributed by atoms with E-state index in [1.54, 1.807) is 11.3 Å². The summed E-state index contributed by atoms with van der Waals surface area (Å²) >= 11 is 1.62. The number of thiophene rings is 1. The number of fused-ring (bicyclic) bond motifs is 2. The second-order valence-electron chi connectivity index (χ2n) is 9.16. The number of primary amides is 1. The first-order chi connectivity index (χ1) is 16.7. The number of halogens is 3. The lowest BCUT2D eigenvalue weighted by Crippen LogP contribution is -2.39. The second kappa shape index (κ2) is 9.25. The van der Waals surface area contributed by atoms with Gasteiger partial charge in [0.1, 0.15) is 10.6 Å². The van der Waals surface area contributed by atoms with Gasteiger partial charge in [-0.2, -0.15) is 18.2 Å². The third-order valence-electron chi connectivity index (χ3n) is 6.51. The van der Waals surface area contributed by atoms with Crippen LogP contribution in [-0.2, 0) is 30.5 Å². The molecule has 3 aromatic heterocycles. The van der Waals surface area contributed by atoms with Crippen LogP contribution in [0.3, 0.4) is 0 Å². The van der Waals surface area contributed by atoms with E-state index in [1.807, 2.05) is 4.90 Å². The van der Waals surface area contributed by atoms with Crippen molar-refractivity contribution in [3.8, 4) is 0 Å². The van der Waals surface area contributed by atoms with Crippen molar-refractivity contribution in [1.82, 2.24) is 24.7 Å². The highest BCUT2D eigenvalue weighted by molar-refractivity contribution is 7.18. The Balaban J connectivity index is 1.50. The Morgan fingerprint density at radius 3 is 2.77 bits per heavy atom. The normalized spacial score (nSPS) is 18.8. The van der Waals surface area contributed by atoms with E-state index in [1.165, 1.54) is 4.88 Å². The van der Waals surface area contributed by atoms with Crippen LogP contribution in [0, 0.1) is 5.92 Å². The van der Waals surface area contributed by atoms with Gasteiger partial charge in [-0.1, -0.05) is 13.3 Å². The molecule has 0 aliphatic carbocycles. The molecule has 5 heterocycles. The lowest BCUT2D eigenvalue weighted by Gasteiger charge is -2.34. The number of anilines is 2. The van der Waals surface area contributed by atoms with E-state index in [0.717, 1.165) is 47.0 Å². The SMILES string of the molecule is CCCc1cc2c(N3CCn4c(nnc4C(F)(F)F)C3)nc(N3CCC[C@H](CC(N)=O)C3)nc2s1. The van der Waals surface area contributed by atoms with Gasteiger partial charge < -0.3 is 20.1 Å². The van der Waals surface area contributed by atoms with E-state index >= 15 is 0 Å². The molecule has 1 fully saturated rings. The maximum atomic E-state index is 13.3. The number of piperidine rings is 1. The first-order valence-electron chi connectivity index (χ1n) is 11.8. The van der Waals surface area contributed by atoms with Crippen LogP contribution < -0.4 is 15.5 Å². The molecule has 0 aromatic carbocycles. The summed E-state index contributed by atoms with van der Waals surface area (Å²) in [6.45, 7) is 4.18. The quantitative estimate of drug-likeness (QED) is 0.544. The van der Waals surface area contributed by atoms with Crippen molar-refractivity contribution in [3.05, 3.63) is 22.6 Å². The van der Waals surface area contributed by atoms with Gasteiger partial charge in [0.15, 0.2) is 5.82 Å². The molecule has 5 rings (SSSR count). The monoisotopic (exact) mass is 508 g/mol. The van der Waals surface area contributed by atoms with Gasteiger partial charge in [-0.3, -0.25) is 4.79 Å². The third kappa shape index (κ3) is 4.78. The predicted molar refractivity (Wildman–Crippen MR) is 126 cm³/mol. The number of hydrogen-bond donors (Lipinski definition) is 1. The van der Waals surface area contributed by atoms with Crippen molar-refractivity contribution in [2.45, 2.75) is 58.3 Å². The summed E-state index contributed by atoms with van der Waals surface area (Å²) in [5.74, 6) is 0.415. The zero-order chi connectivity index (χ0) is 24.7. The van der Waals surface area contributed by atoms with Gasteiger partial charge in [0.25, 0.3) is 0 Å². The second-order valence-corrected chi connectivity index (χ2v) is 10.3. The topological polar surface area (TPSA) is 106 Å². The molecule has 1 atom stereocenters. The number of carbonyl (C=O) groups excluding carboxylic acids is 1. The highest BCUT2D eigenvalue weighted by Crippen LogP contribution is 2.36. The standard InChI is InChI=1S/C22H27F3N8OS/c1-2-4-14-10-15-18(31-7-8-33-17(12-31)29-30-20(33)22(23,24)25)27-21(28-19(15)35-14)32-6-3-5-13(11-32)9-16(26)34/h10,13H,2-9,11-12H2,1H3,(H2,26,34)/t13-/m1/s1. The Morgan fingerprint density at radius 1 is 1.20 bits per heavy atom. The van der Waals surface area contributed by atoms with E-state index in [4.69, 9.17) is 15.7 Å². The van der Waals surface area contributed by atoms with Gasteiger partial charge in [0.05, 0.1) is 11.9 Å². The number of nitrogens with zero attached hydrogens (tertiary/aromatic N) is 7. The molecule has 13 heteroatoms. The number of carbonyl (C=O) groups is 1. The van der Waals surface area contributed by atoms with E-state index < -0.39 is 12.0 Å². The fourth-order valence-electron chi connectivity index (χ4n) is 4.94. The Hall–Kier alpha value is -2.96. The lowest BCUT2D eigenvalue weighted by molar-refractivity contribution is -0.147. The van der Waals surface area contributed by atoms with Crippen molar-refractivity contribution in [2.75, 3.05) is 29.4 Å². The Bertz CT molecular complexity index is 1240. The molecular weight excluding hydrogens is 481 g/mol. The average molecular weight is 509 g/mol. The molecule has 2 aliphatic heterocycles. The molecule has 1 amide bonds. The van der Waals surface area contributed by atoms with Crippen LogP contribution in [0.2, 0.25) is 0 Å². The third-order valence-corrected chi connectivity index (χ3v) is 7.59. The van der Waals surface area contributed by atoms with Gasteiger partial charge >= 0.3 is 6.18 Å². The molecule has 0 bridgehead atoms. The molecule has 2 N–H and O–H groups in total. The largest absolute Gasteiger partial charge is 0.451 e. The Kier molecular flexibility index (Phi) is 6.28. The summed E-state index contributed by atoms with van der Waals surface area (Å²) in [7, 11) is 0. The molecule has 0 spiro atoms. The van der Waals surface area contributed by atoms with Gasteiger partial charge in [-0.25, -0.2) is 4.98 Å². The summed E-state index contributed by atoms with van der Waals surface area (Å²) in [6, 6.07) is 2.09. The van der Waals surface area contributed by atoms with E-state index in [0.29, 0.717) is 31.3 Å². The van der Waals surface area contributed by atoms with Crippen molar-refractivity contribution in [2.24, 2.45) is 11.7 Å². The number of aromatic nitrogens is 5. The first-order valence-corrected chi connectivity index (χ1v) is 12.6. The zero-order valence-corrected chi connectivity index (χ0v) is 20.2. The number of alkyl halides is 3. The maximum Gasteiger partial charge on any atom is 0.451 e. The Labute approximate surface area is 204 Å². The lowest BCUT2D eigenvalue weighted by atomic mass is 9.95. The minimum absolute atomic E-state index is 0.119. The average Bonchev–Trinajstić information content (AvgIpc) is 3.41. The molecule has 2 aliphatic rings. The summed E-state index contributed by atoms with van der Waals surface area (Å²) < 4.78 is 41.0. The van der Waals surface area contributed by atoms with E-state index in [9.17, 15) is 18.0 Å². The fraction of sp³-hybridized carbons (Fsp3) is 0.591. The summed E-state index contributed by atoms with van der Waals surface area (Å²) in [4.78, 5) is 27.3. The molecule has 0 radical (unpaired) electrons. The maximum absolute atomic E-state index is 13.3. The van der Waals surface area contributed by atoms with Crippen LogP contribution in [0.5, 0.6) is 0 Å². The van der Waals surface area contributed by atoms with Gasteiger partial charge in [-0.05, 0) is 31.2 Å². The number of aryl methyl sites for hydroxylation is 1. The molecule has 188 valence electrons. The molecule has 0 unspecified atom stereocenters. The molecule has 3 aromatic rings. The fourth-order valence-corrected chi connectivity index (χ4v) is 6.06. The van der Waals surface area contributed by atoms with E-state index in [-0.39, 0.29) is 30.7 Å². The zero-order valence-electron chi connectivity index (χ0n) is 19.4.